The van der Waals surface area contributed by atoms with Gasteiger partial charge in [0.15, 0.2) is 11.5 Å². The monoisotopic (exact) mass is 377 g/mol. The minimum atomic E-state index is 0.0125. The van der Waals surface area contributed by atoms with E-state index < -0.39 is 0 Å². The van der Waals surface area contributed by atoms with Crippen LogP contribution in [0.5, 0.6) is 11.5 Å². The number of anilines is 2. The highest BCUT2D eigenvalue weighted by molar-refractivity contribution is 5.92. The third-order valence-corrected chi connectivity index (χ3v) is 4.42. The van der Waals surface area contributed by atoms with E-state index in [4.69, 9.17) is 19.3 Å². The highest BCUT2D eigenvalue weighted by Crippen LogP contribution is 2.34. The summed E-state index contributed by atoms with van der Waals surface area (Å²) in [5.74, 6) is 2.39. The van der Waals surface area contributed by atoms with Gasteiger partial charge in [0.25, 0.3) is 0 Å². The summed E-state index contributed by atoms with van der Waals surface area (Å²) < 4.78 is 16.1. The average Bonchev–Trinajstić information content (AvgIpc) is 2.71. The number of ether oxygens (including phenoxy) is 3. The molecule has 9 nitrogen and oxygen atoms in total. The van der Waals surface area contributed by atoms with Gasteiger partial charge < -0.3 is 30.0 Å². The molecule has 0 spiro atoms. The van der Waals surface area contributed by atoms with Gasteiger partial charge in [0.1, 0.15) is 5.82 Å². The van der Waals surface area contributed by atoms with Crippen molar-refractivity contribution in [3.63, 3.8) is 0 Å². The first-order valence-electron chi connectivity index (χ1n) is 9.07. The molecular formula is C18H27N5O4. The van der Waals surface area contributed by atoms with Crippen LogP contribution in [0.15, 0.2) is 12.1 Å². The van der Waals surface area contributed by atoms with Crippen LogP contribution in [0.4, 0.5) is 11.8 Å². The number of hydrogen-bond acceptors (Lipinski definition) is 9. The summed E-state index contributed by atoms with van der Waals surface area (Å²) >= 11 is 0. The Morgan fingerprint density at radius 3 is 2.52 bits per heavy atom. The molecule has 0 bridgehead atoms. The molecule has 0 radical (unpaired) electrons. The molecule has 1 aliphatic rings. The average molecular weight is 377 g/mol. The molecule has 2 heterocycles. The molecule has 0 aliphatic carbocycles. The molecule has 148 valence electrons. The zero-order chi connectivity index (χ0) is 19.1. The molecule has 3 rings (SSSR count). The predicted octanol–water partition coefficient (Wildman–Crippen LogP) is 0.795. The van der Waals surface area contributed by atoms with E-state index in [-0.39, 0.29) is 6.61 Å². The number of aromatic nitrogens is 2. The second kappa shape index (κ2) is 9.54. The first kappa shape index (κ1) is 19.4. The van der Waals surface area contributed by atoms with Crippen molar-refractivity contribution >= 4 is 22.7 Å². The molecule has 1 fully saturated rings. The van der Waals surface area contributed by atoms with Gasteiger partial charge in [-0.2, -0.15) is 4.98 Å². The number of nitrogens with zero attached hydrogens (tertiary/aromatic N) is 3. The van der Waals surface area contributed by atoms with Crippen molar-refractivity contribution in [1.82, 2.24) is 14.9 Å². The molecule has 27 heavy (non-hydrogen) atoms. The van der Waals surface area contributed by atoms with Gasteiger partial charge in [0.05, 0.1) is 39.6 Å². The van der Waals surface area contributed by atoms with Crippen molar-refractivity contribution < 1.29 is 19.3 Å². The summed E-state index contributed by atoms with van der Waals surface area (Å²) in [5.41, 5.74) is 0.733. The lowest BCUT2D eigenvalue weighted by atomic mass is 10.2. The number of aliphatic hydroxyl groups excluding tert-OH is 1. The van der Waals surface area contributed by atoms with Crippen LogP contribution in [0, 0.1) is 0 Å². The fraction of sp³-hybridized carbons (Fsp3) is 0.556. The number of methoxy groups -OCH3 is 2. The lowest BCUT2D eigenvalue weighted by Gasteiger charge is -2.26. The summed E-state index contributed by atoms with van der Waals surface area (Å²) in [6.45, 7) is 5.49. The quantitative estimate of drug-likeness (QED) is 0.585. The molecule has 1 aliphatic heterocycles. The number of rotatable bonds is 9. The lowest BCUT2D eigenvalue weighted by Crippen LogP contribution is -2.39. The van der Waals surface area contributed by atoms with Gasteiger partial charge in [0.2, 0.25) is 5.95 Å². The smallest absolute Gasteiger partial charge is 0.225 e. The van der Waals surface area contributed by atoms with E-state index in [1.165, 1.54) is 0 Å². The van der Waals surface area contributed by atoms with Crippen LogP contribution in [0.3, 0.4) is 0 Å². The van der Waals surface area contributed by atoms with E-state index in [2.05, 4.69) is 25.5 Å². The minimum absolute atomic E-state index is 0.0125. The second-order valence-electron chi connectivity index (χ2n) is 6.15. The molecule has 0 amide bonds. The molecule has 0 unspecified atom stereocenters. The Kier molecular flexibility index (Phi) is 6.86. The highest BCUT2D eigenvalue weighted by atomic mass is 16.5. The standard InChI is InChI=1S/C18H27N5O4/c1-25-15-11-13-14(12-16(15)26-2)21-18(22-17(13)19-4-8-24)20-3-5-23-6-9-27-10-7-23/h11-12,24H,3-10H2,1-2H3,(H2,19,20,21,22). The molecule has 0 saturated carbocycles. The molecule has 3 N–H and O–H groups in total. The van der Waals surface area contributed by atoms with E-state index in [0.717, 1.165) is 50.3 Å². The Morgan fingerprint density at radius 2 is 1.81 bits per heavy atom. The fourth-order valence-electron chi connectivity index (χ4n) is 2.99. The van der Waals surface area contributed by atoms with E-state index >= 15 is 0 Å². The van der Waals surface area contributed by atoms with Crippen molar-refractivity contribution in [1.29, 1.82) is 0 Å². The summed E-state index contributed by atoms with van der Waals surface area (Å²) in [7, 11) is 3.18. The number of morpholine rings is 1. The number of benzene rings is 1. The summed E-state index contributed by atoms with van der Waals surface area (Å²) in [6, 6.07) is 3.67. The van der Waals surface area contributed by atoms with E-state index in [0.29, 0.717) is 29.8 Å². The van der Waals surface area contributed by atoms with Gasteiger partial charge in [0, 0.05) is 44.2 Å². The Labute approximate surface area is 158 Å². The Bertz CT molecular complexity index is 752. The van der Waals surface area contributed by atoms with Crippen LogP contribution in [-0.4, -0.2) is 86.7 Å². The number of nitrogens with one attached hydrogen (secondary N) is 2. The second-order valence-corrected chi connectivity index (χ2v) is 6.15. The molecule has 0 atom stereocenters. The van der Waals surface area contributed by atoms with Gasteiger partial charge in [-0.3, -0.25) is 4.90 Å². The van der Waals surface area contributed by atoms with Crippen molar-refractivity contribution in [2.75, 3.05) is 77.4 Å². The van der Waals surface area contributed by atoms with Crippen molar-refractivity contribution in [2.45, 2.75) is 0 Å². The molecule has 1 aromatic heterocycles. The Hall–Kier alpha value is -2.36. The van der Waals surface area contributed by atoms with Crippen LogP contribution < -0.4 is 20.1 Å². The summed E-state index contributed by atoms with van der Waals surface area (Å²) in [4.78, 5) is 11.5. The summed E-state index contributed by atoms with van der Waals surface area (Å²) in [6.07, 6.45) is 0. The maximum Gasteiger partial charge on any atom is 0.225 e. The van der Waals surface area contributed by atoms with E-state index in [1.807, 2.05) is 12.1 Å². The SMILES string of the molecule is COc1cc2nc(NCCN3CCOCC3)nc(NCCO)c2cc1OC. The largest absolute Gasteiger partial charge is 0.493 e. The van der Waals surface area contributed by atoms with Gasteiger partial charge >= 0.3 is 0 Å². The van der Waals surface area contributed by atoms with Crippen molar-refractivity contribution in [2.24, 2.45) is 0 Å². The zero-order valence-corrected chi connectivity index (χ0v) is 15.8. The lowest BCUT2D eigenvalue weighted by molar-refractivity contribution is 0.0398. The number of fused-ring (bicyclic) bond motifs is 1. The number of aliphatic hydroxyl groups is 1. The van der Waals surface area contributed by atoms with Crippen LogP contribution in [0.2, 0.25) is 0 Å². The predicted molar refractivity (Wildman–Crippen MR) is 104 cm³/mol. The highest BCUT2D eigenvalue weighted by Gasteiger charge is 2.14. The van der Waals surface area contributed by atoms with E-state index in [1.54, 1.807) is 14.2 Å². The van der Waals surface area contributed by atoms with Gasteiger partial charge in [-0.05, 0) is 6.07 Å². The molecular weight excluding hydrogens is 350 g/mol. The maximum absolute atomic E-state index is 9.16. The Balaban J connectivity index is 1.81. The Morgan fingerprint density at radius 1 is 1.07 bits per heavy atom. The van der Waals surface area contributed by atoms with Crippen molar-refractivity contribution in [3.05, 3.63) is 12.1 Å². The third-order valence-electron chi connectivity index (χ3n) is 4.42. The first-order chi connectivity index (χ1) is 13.2. The molecule has 1 aromatic carbocycles. The third kappa shape index (κ3) is 4.88. The van der Waals surface area contributed by atoms with Crippen LogP contribution >= 0.6 is 0 Å². The molecule has 1 saturated heterocycles. The van der Waals surface area contributed by atoms with Gasteiger partial charge in [-0.25, -0.2) is 4.98 Å². The maximum atomic E-state index is 9.16. The normalized spacial score (nSPS) is 14.9. The molecule has 9 heteroatoms. The zero-order valence-electron chi connectivity index (χ0n) is 15.8. The van der Waals surface area contributed by atoms with Crippen LogP contribution in [0.25, 0.3) is 10.9 Å². The molecule has 2 aromatic rings. The van der Waals surface area contributed by atoms with Crippen molar-refractivity contribution in [3.8, 4) is 11.5 Å². The van der Waals surface area contributed by atoms with Crippen LogP contribution in [0.1, 0.15) is 0 Å². The topological polar surface area (TPSA) is 101 Å². The van der Waals surface area contributed by atoms with Crippen LogP contribution in [-0.2, 0) is 4.74 Å². The minimum Gasteiger partial charge on any atom is -0.493 e. The van der Waals surface area contributed by atoms with Gasteiger partial charge in [-0.1, -0.05) is 0 Å². The first-order valence-corrected chi connectivity index (χ1v) is 9.07. The number of hydrogen-bond donors (Lipinski definition) is 3. The fourth-order valence-corrected chi connectivity index (χ4v) is 2.99. The van der Waals surface area contributed by atoms with Gasteiger partial charge in [-0.15, -0.1) is 0 Å². The summed E-state index contributed by atoms with van der Waals surface area (Å²) in [5, 5.41) is 16.4. The van der Waals surface area contributed by atoms with E-state index in [9.17, 15) is 0 Å².